The van der Waals surface area contributed by atoms with Gasteiger partial charge in [-0.2, -0.15) is 0 Å². The molecule has 0 saturated carbocycles. The molecule has 2 heterocycles. The SMILES string of the molecule is O=C(CCC1Cc2ccccc21)N1CCN(c2cccc3c2OCC=CO3)CC1. The molecule has 1 saturated heterocycles. The molecule has 1 aliphatic carbocycles. The lowest BCUT2D eigenvalue weighted by molar-refractivity contribution is -0.131. The second-order valence-electron chi connectivity index (χ2n) is 7.91. The minimum atomic E-state index is 0.282. The van der Waals surface area contributed by atoms with Gasteiger partial charge in [0.05, 0.1) is 11.9 Å². The van der Waals surface area contributed by atoms with Gasteiger partial charge in [-0.3, -0.25) is 4.79 Å². The van der Waals surface area contributed by atoms with Gasteiger partial charge in [-0.25, -0.2) is 0 Å². The van der Waals surface area contributed by atoms with E-state index in [0.29, 0.717) is 18.9 Å². The van der Waals surface area contributed by atoms with Gasteiger partial charge in [0.25, 0.3) is 0 Å². The number of fused-ring (bicyclic) bond motifs is 2. The summed E-state index contributed by atoms with van der Waals surface area (Å²) in [6, 6.07) is 14.6. The monoisotopic (exact) mass is 390 g/mol. The van der Waals surface area contributed by atoms with Gasteiger partial charge >= 0.3 is 0 Å². The molecular weight excluding hydrogens is 364 g/mol. The Hall–Kier alpha value is -2.95. The molecule has 5 rings (SSSR count). The average Bonchev–Trinajstić information content (AvgIpc) is 3.00. The van der Waals surface area contributed by atoms with Gasteiger partial charge in [-0.1, -0.05) is 30.3 Å². The number of hydrogen-bond donors (Lipinski definition) is 0. The molecule has 2 aromatic carbocycles. The fourth-order valence-corrected chi connectivity index (χ4v) is 4.56. The van der Waals surface area contributed by atoms with Crippen molar-refractivity contribution in [3.8, 4) is 11.5 Å². The van der Waals surface area contributed by atoms with Gasteiger partial charge in [0.15, 0.2) is 11.5 Å². The van der Waals surface area contributed by atoms with E-state index in [0.717, 1.165) is 56.2 Å². The van der Waals surface area contributed by atoms with Crippen LogP contribution in [0.3, 0.4) is 0 Å². The van der Waals surface area contributed by atoms with E-state index in [4.69, 9.17) is 9.47 Å². The van der Waals surface area contributed by atoms with Crippen LogP contribution >= 0.6 is 0 Å². The summed E-state index contributed by atoms with van der Waals surface area (Å²) >= 11 is 0. The van der Waals surface area contributed by atoms with Gasteiger partial charge in [0.1, 0.15) is 6.61 Å². The molecule has 1 fully saturated rings. The van der Waals surface area contributed by atoms with Gasteiger partial charge in [0.2, 0.25) is 5.91 Å². The summed E-state index contributed by atoms with van der Waals surface area (Å²) in [6.07, 6.45) is 6.25. The Morgan fingerprint density at radius 2 is 1.90 bits per heavy atom. The first kappa shape index (κ1) is 18.1. The smallest absolute Gasteiger partial charge is 0.222 e. The van der Waals surface area contributed by atoms with Gasteiger partial charge in [-0.05, 0) is 48.1 Å². The summed E-state index contributed by atoms with van der Waals surface area (Å²) in [5, 5.41) is 0. The lowest BCUT2D eigenvalue weighted by atomic mass is 9.75. The lowest BCUT2D eigenvalue weighted by Gasteiger charge is -2.37. The summed E-state index contributed by atoms with van der Waals surface area (Å²) in [4.78, 5) is 17.0. The lowest BCUT2D eigenvalue weighted by Crippen LogP contribution is -2.49. The molecule has 2 aromatic rings. The molecule has 5 heteroatoms. The summed E-state index contributed by atoms with van der Waals surface area (Å²) in [5.41, 5.74) is 3.93. The number of nitrogens with zero attached hydrogens (tertiary/aromatic N) is 2. The van der Waals surface area contributed by atoms with Crippen LogP contribution in [0.1, 0.15) is 29.9 Å². The highest BCUT2D eigenvalue weighted by atomic mass is 16.5. The Morgan fingerprint density at radius 1 is 1.03 bits per heavy atom. The third-order valence-corrected chi connectivity index (χ3v) is 6.21. The number of carbonyl (C=O) groups excluding carboxylic acids is 1. The number of ether oxygens (including phenoxy) is 2. The number of benzene rings is 2. The molecule has 0 N–H and O–H groups in total. The molecule has 3 aliphatic rings. The van der Waals surface area contributed by atoms with E-state index >= 15 is 0 Å². The zero-order valence-corrected chi connectivity index (χ0v) is 16.5. The Kier molecular flexibility index (Phi) is 4.88. The molecule has 0 bridgehead atoms. The first-order valence-electron chi connectivity index (χ1n) is 10.5. The number of amides is 1. The molecule has 29 heavy (non-hydrogen) atoms. The molecule has 0 aromatic heterocycles. The third kappa shape index (κ3) is 3.57. The Bertz CT molecular complexity index is 931. The molecule has 5 nitrogen and oxygen atoms in total. The highest BCUT2D eigenvalue weighted by Crippen LogP contribution is 2.40. The van der Waals surface area contributed by atoms with E-state index in [9.17, 15) is 4.79 Å². The van der Waals surface area contributed by atoms with Crippen LogP contribution in [-0.2, 0) is 11.2 Å². The fourth-order valence-electron chi connectivity index (χ4n) is 4.56. The summed E-state index contributed by atoms with van der Waals surface area (Å²) in [5.74, 6) is 2.38. The van der Waals surface area contributed by atoms with Crippen molar-refractivity contribution in [2.75, 3.05) is 37.7 Å². The van der Waals surface area contributed by atoms with Gasteiger partial charge in [-0.15, -0.1) is 0 Å². The standard InChI is InChI=1S/C24H26N2O3/c27-23(10-9-19-17-18-5-1-2-6-20(18)19)26-13-11-25(12-14-26)21-7-3-8-22-24(21)29-16-4-15-28-22/h1-8,15,19H,9-14,16-17H2. The minimum absolute atomic E-state index is 0.282. The maximum Gasteiger partial charge on any atom is 0.222 e. The van der Waals surface area contributed by atoms with E-state index in [1.54, 1.807) is 6.26 Å². The molecule has 2 aliphatic heterocycles. The van der Waals surface area contributed by atoms with Crippen LogP contribution in [-0.4, -0.2) is 43.6 Å². The molecule has 1 amide bonds. The van der Waals surface area contributed by atoms with Crippen LogP contribution in [0.5, 0.6) is 11.5 Å². The first-order valence-corrected chi connectivity index (χ1v) is 10.5. The van der Waals surface area contributed by atoms with Crippen LogP contribution in [0.2, 0.25) is 0 Å². The first-order chi connectivity index (χ1) is 14.3. The maximum absolute atomic E-state index is 12.7. The van der Waals surface area contributed by atoms with Crippen molar-refractivity contribution in [2.24, 2.45) is 0 Å². The molecule has 1 unspecified atom stereocenters. The quantitative estimate of drug-likeness (QED) is 0.798. The van der Waals surface area contributed by atoms with Crippen molar-refractivity contribution >= 4 is 11.6 Å². The second-order valence-corrected chi connectivity index (χ2v) is 7.91. The van der Waals surface area contributed by atoms with Crippen LogP contribution < -0.4 is 14.4 Å². The van der Waals surface area contributed by atoms with Gasteiger partial charge in [0, 0.05) is 32.6 Å². The predicted molar refractivity (Wildman–Crippen MR) is 113 cm³/mol. The normalized spacial score (nSPS) is 19.9. The summed E-state index contributed by atoms with van der Waals surface area (Å²) in [7, 11) is 0. The highest BCUT2D eigenvalue weighted by Gasteiger charge is 2.28. The van der Waals surface area contributed by atoms with Crippen LogP contribution in [0.25, 0.3) is 0 Å². The Balaban J connectivity index is 1.16. The van der Waals surface area contributed by atoms with E-state index in [1.807, 2.05) is 23.1 Å². The second kappa shape index (κ2) is 7.82. The largest absolute Gasteiger partial charge is 0.483 e. The number of para-hydroxylation sites is 1. The molecule has 0 spiro atoms. The third-order valence-electron chi connectivity index (χ3n) is 6.21. The van der Waals surface area contributed by atoms with Crippen LogP contribution in [0.15, 0.2) is 54.8 Å². The molecule has 150 valence electrons. The maximum atomic E-state index is 12.7. The van der Waals surface area contributed by atoms with Crippen molar-refractivity contribution in [3.63, 3.8) is 0 Å². The van der Waals surface area contributed by atoms with Crippen molar-refractivity contribution in [1.82, 2.24) is 4.90 Å². The highest BCUT2D eigenvalue weighted by molar-refractivity contribution is 5.77. The Labute approximate surface area is 171 Å². The van der Waals surface area contributed by atoms with E-state index in [-0.39, 0.29) is 5.91 Å². The molecule has 1 atom stereocenters. The number of carbonyl (C=O) groups is 1. The van der Waals surface area contributed by atoms with Crippen LogP contribution in [0.4, 0.5) is 5.69 Å². The van der Waals surface area contributed by atoms with E-state index in [1.165, 1.54) is 11.1 Å². The van der Waals surface area contributed by atoms with Gasteiger partial charge < -0.3 is 19.3 Å². The Morgan fingerprint density at radius 3 is 2.76 bits per heavy atom. The fraction of sp³-hybridized carbons (Fsp3) is 0.375. The molecule has 0 radical (unpaired) electrons. The van der Waals surface area contributed by atoms with Crippen molar-refractivity contribution in [1.29, 1.82) is 0 Å². The number of rotatable bonds is 4. The average molecular weight is 390 g/mol. The van der Waals surface area contributed by atoms with Crippen LogP contribution in [0, 0.1) is 0 Å². The van der Waals surface area contributed by atoms with Crippen molar-refractivity contribution in [3.05, 3.63) is 65.9 Å². The van der Waals surface area contributed by atoms with E-state index in [2.05, 4.69) is 35.2 Å². The predicted octanol–water partition coefficient (Wildman–Crippen LogP) is 3.74. The van der Waals surface area contributed by atoms with E-state index < -0.39 is 0 Å². The number of anilines is 1. The zero-order chi connectivity index (χ0) is 19.6. The summed E-state index contributed by atoms with van der Waals surface area (Å²) in [6.45, 7) is 3.63. The van der Waals surface area contributed by atoms with Crippen molar-refractivity contribution in [2.45, 2.75) is 25.2 Å². The molecular formula is C24H26N2O3. The topological polar surface area (TPSA) is 42.0 Å². The number of hydrogen-bond acceptors (Lipinski definition) is 4. The van der Waals surface area contributed by atoms with Crippen molar-refractivity contribution < 1.29 is 14.3 Å². The number of piperazine rings is 1. The summed E-state index contributed by atoms with van der Waals surface area (Å²) < 4.78 is 11.5. The zero-order valence-electron chi connectivity index (χ0n) is 16.5. The minimum Gasteiger partial charge on any atom is -0.483 e.